The molecule has 2 atom stereocenters. The SMILES string of the molecule is C[C@H](NCC(O)COc1cc(Cl)ccc1Cl)C1CCCC1. The summed E-state index contributed by atoms with van der Waals surface area (Å²) in [6, 6.07) is 5.49. The van der Waals surface area contributed by atoms with Gasteiger partial charge in [0.1, 0.15) is 18.5 Å². The van der Waals surface area contributed by atoms with Gasteiger partial charge in [0, 0.05) is 23.7 Å². The topological polar surface area (TPSA) is 41.5 Å². The number of benzene rings is 1. The Bertz CT molecular complexity index is 450. The second-order valence-electron chi connectivity index (χ2n) is 5.78. The molecular formula is C16H23Cl2NO2. The second kappa shape index (κ2) is 8.23. The molecule has 118 valence electrons. The van der Waals surface area contributed by atoms with Gasteiger partial charge in [0.2, 0.25) is 0 Å². The Labute approximate surface area is 136 Å². The van der Waals surface area contributed by atoms with Crippen LogP contribution >= 0.6 is 23.2 Å². The number of rotatable bonds is 7. The lowest BCUT2D eigenvalue weighted by molar-refractivity contribution is 0.102. The van der Waals surface area contributed by atoms with Crippen LogP contribution < -0.4 is 10.1 Å². The summed E-state index contributed by atoms with van der Waals surface area (Å²) in [6.45, 7) is 2.91. The number of halogens is 2. The summed E-state index contributed by atoms with van der Waals surface area (Å²) >= 11 is 11.9. The fourth-order valence-corrected chi connectivity index (χ4v) is 3.11. The third-order valence-electron chi connectivity index (χ3n) is 4.11. The standard InChI is InChI=1S/C16H23Cl2NO2/c1-11(12-4-2-3-5-12)19-9-14(20)10-21-16-8-13(17)6-7-15(16)18/h6-8,11-12,14,19-20H,2-5,9-10H2,1H3/t11-,14?/m0/s1. The normalized spacial score (nSPS) is 18.7. The molecule has 1 aliphatic carbocycles. The predicted molar refractivity (Wildman–Crippen MR) is 87.4 cm³/mol. The van der Waals surface area contributed by atoms with Crippen LogP contribution in [0.3, 0.4) is 0 Å². The number of aliphatic hydroxyl groups excluding tert-OH is 1. The smallest absolute Gasteiger partial charge is 0.139 e. The molecule has 1 fully saturated rings. The van der Waals surface area contributed by atoms with E-state index in [2.05, 4.69) is 12.2 Å². The van der Waals surface area contributed by atoms with Crippen LogP contribution in [0.25, 0.3) is 0 Å². The third-order valence-corrected chi connectivity index (χ3v) is 4.65. The van der Waals surface area contributed by atoms with Crippen molar-refractivity contribution in [3.05, 3.63) is 28.2 Å². The molecule has 1 saturated carbocycles. The fraction of sp³-hybridized carbons (Fsp3) is 0.625. The summed E-state index contributed by atoms with van der Waals surface area (Å²) in [7, 11) is 0. The van der Waals surface area contributed by atoms with Crippen LogP contribution in [-0.4, -0.2) is 30.4 Å². The molecule has 0 radical (unpaired) electrons. The van der Waals surface area contributed by atoms with Gasteiger partial charge in [0.15, 0.2) is 0 Å². The quantitative estimate of drug-likeness (QED) is 0.796. The molecular weight excluding hydrogens is 309 g/mol. The maximum absolute atomic E-state index is 10.00. The van der Waals surface area contributed by atoms with Gasteiger partial charge >= 0.3 is 0 Å². The lowest BCUT2D eigenvalue weighted by Crippen LogP contribution is -2.39. The van der Waals surface area contributed by atoms with Gasteiger partial charge in [0.05, 0.1) is 5.02 Å². The van der Waals surface area contributed by atoms with Crippen LogP contribution in [0.4, 0.5) is 0 Å². The van der Waals surface area contributed by atoms with Crippen LogP contribution in [0.1, 0.15) is 32.6 Å². The van der Waals surface area contributed by atoms with Crippen molar-refractivity contribution in [2.75, 3.05) is 13.2 Å². The average molecular weight is 332 g/mol. The van der Waals surface area contributed by atoms with Crippen molar-refractivity contribution in [1.29, 1.82) is 0 Å². The van der Waals surface area contributed by atoms with Gasteiger partial charge in [-0.15, -0.1) is 0 Å². The molecule has 0 heterocycles. The van der Waals surface area contributed by atoms with Crippen molar-refractivity contribution in [3.63, 3.8) is 0 Å². The van der Waals surface area contributed by atoms with Gasteiger partial charge in [-0.25, -0.2) is 0 Å². The Hall–Kier alpha value is -0.480. The molecule has 21 heavy (non-hydrogen) atoms. The predicted octanol–water partition coefficient (Wildman–Crippen LogP) is 3.90. The van der Waals surface area contributed by atoms with Crippen LogP contribution in [0, 0.1) is 5.92 Å². The van der Waals surface area contributed by atoms with Crippen molar-refractivity contribution >= 4 is 23.2 Å². The van der Waals surface area contributed by atoms with Crippen molar-refractivity contribution in [1.82, 2.24) is 5.32 Å². The zero-order valence-corrected chi connectivity index (χ0v) is 13.8. The van der Waals surface area contributed by atoms with Crippen LogP contribution in [0.2, 0.25) is 10.0 Å². The minimum atomic E-state index is -0.566. The summed E-state index contributed by atoms with van der Waals surface area (Å²) in [5.41, 5.74) is 0. The Morgan fingerprint density at radius 3 is 2.76 bits per heavy atom. The van der Waals surface area contributed by atoms with E-state index in [1.807, 2.05) is 0 Å². The summed E-state index contributed by atoms with van der Waals surface area (Å²) in [5, 5.41) is 14.5. The number of hydrogen-bond donors (Lipinski definition) is 2. The van der Waals surface area contributed by atoms with E-state index in [0.29, 0.717) is 28.4 Å². The molecule has 2 N–H and O–H groups in total. The Morgan fingerprint density at radius 2 is 2.05 bits per heavy atom. The molecule has 2 rings (SSSR count). The van der Waals surface area contributed by atoms with Gasteiger partial charge in [-0.1, -0.05) is 36.0 Å². The Morgan fingerprint density at radius 1 is 1.33 bits per heavy atom. The van der Waals surface area contributed by atoms with Crippen molar-refractivity contribution in [2.45, 2.75) is 44.8 Å². The monoisotopic (exact) mass is 331 g/mol. The van der Waals surface area contributed by atoms with Crippen LogP contribution in [-0.2, 0) is 0 Å². The van der Waals surface area contributed by atoms with E-state index in [1.165, 1.54) is 25.7 Å². The molecule has 1 unspecified atom stereocenters. The highest BCUT2D eigenvalue weighted by atomic mass is 35.5. The molecule has 3 nitrogen and oxygen atoms in total. The molecule has 0 bridgehead atoms. The van der Waals surface area contributed by atoms with Crippen molar-refractivity contribution < 1.29 is 9.84 Å². The van der Waals surface area contributed by atoms with E-state index in [9.17, 15) is 5.11 Å². The van der Waals surface area contributed by atoms with E-state index in [1.54, 1.807) is 18.2 Å². The van der Waals surface area contributed by atoms with Crippen LogP contribution in [0.5, 0.6) is 5.75 Å². The first kappa shape index (κ1) is 16.9. The maximum atomic E-state index is 10.00. The van der Waals surface area contributed by atoms with Crippen molar-refractivity contribution in [2.24, 2.45) is 5.92 Å². The van der Waals surface area contributed by atoms with E-state index < -0.39 is 6.10 Å². The second-order valence-corrected chi connectivity index (χ2v) is 6.62. The van der Waals surface area contributed by atoms with Gasteiger partial charge in [-0.2, -0.15) is 0 Å². The molecule has 0 amide bonds. The molecule has 0 aromatic heterocycles. The number of ether oxygens (including phenoxy) is 1. The molecule has 0 aliphatic heterocycles. The van der Waals surface area contributed by atoms with Gasteiger partial charge in [0.25, 0.3) is 0 Å². The highest BCUT2D eigenvalue weighted by molar-refractivity contribution is 6.34. The lowest BCUT2D eigenvalue weighted by Gasteiger charge is -2.22. The van der Waals surface area contributed by atoms with Crippen LogP contribution in [0.15, 0.2) is 18.2 Å². The summed E-state index contributed by atoms with van der Waals surface area (Å²) in [5.74, 6) is 1.24. The minimum absolute atomic E-state index is 0.199. The van der Waals surface area contributed by atoms with Crippen molar-refractivity contribution in [3.8, 4) is 5.75 Å². The molecule has 5 heteroatoms. The summed E-state index contributed by atoms with van der Waals surface area (Å²) in [6.07, 6.45) is 4.67. The maximum Gasteiger partial charge on any atom is 0.139 e. The zero-order valence-electron chi connectivity index (χ0n) is 12.3. The van der Waals surface area contributed by atoms with Gasteiger partial charge < -0.3 is 15.2 Å². The van der Waals surface area contributed by atoms with E-state index in [-0.39, 0.29) is 6.61 Å². The molecule has 1 aromatic carbocycles. The fourth-order valence-electron chi connectivity index (χ4n) is 2.78. The first-order valence-corrected chi connectivity index (χ1v) is 8.31. The molecule has 0 saturated heterocycles. The zero-order chi connectivity index (χ0) is 15.2. The van der Waals surface area contributed by atoms with E-state index in [4.69, 9.17) is 27.9 Å². The highest BCUT2D eigenvalue weighted by Crippen LogP contribution is 2.28. The molecule has 1 aliphatic rings. The Balaban J connectivity index is 1.71. The molecule has 0 spiro atoms. The van der Waals surface area contributed by atoms with Gasteiger partial charge in [-0.3, -0.25) is 0 Å². The lowest BCUT2D eigenvalue weighted by atomic mass is 10.00. The first-order valence-electron chi connectivity index (χ1n) is 7.55. The highest BCUT2D eigenvalue weighted by Gasteiger charge is 2.21. The third kappa shape index (κ3) is 5.33. The summed E-state index contributed by atoms with van der Waals surface area (Å²) < 4.78 is 5.53. The molecule has 1 aromatic rings. The van der Waals surface area contributed by atoms with E-state index in [0.717, 1.165) is 5.92 Å². The number of hydrogen-bond acceptors (Lipinski definition) is 3. The largest absolute Gasteiger partial charge is 0.489 e. The van der Waals surface area contributed by atoms with Gasteiger partial charge in [-0.05, 0) is 37.8 Å². The number of aliphatic hydroxyl groups is 1. The minimum Gasteiger partial charge on any atom is -0.489 e. The van der Waals surface area contributed by atoms with E-state index >= 15 is 0 Å². The summed E-state index contributed by atoms with van der Waals surface area (Å²) in [4.78, 5) is 0. The number of nitrogens with one attached hydrogen (secondary N) is 1. The average Bonchev–Trinajstić information content (AvgIpc) is 3.00. The Kier molecular flexibility index (Phi) is 6.62. The first-order chi connectivity index (χ1) is 10.1.